The Kier molecular flexibility index (Phi) is 4.90. The van der Waals surface area contributed by atoms with E-state index in [1.807, 2.05) is 19.1 Å². The number of nitrogens with two attached hydrogens (primary N) is 1. The average Bonchev–Trinajstić information content (AvgIpc) is 2.47. The fourth-order valence-corrected chi connectivity index (χ4v) is 1.89. The van der Waals surface area contributed by atoms with Crippen molar-refractivity contribution in [3.63, 3.8) is 0 Å². The van der Waals surface area contributed by atoms with Crippen LogP contribution in [0.3, 0.4) is 0 Å². The molecule has 0 saturated carbocycles. The monoisotopic (exact) mass is 302 g/mol. The summed E-state index contributed by atoms with van der Waals surface area (Å²) in [6.07, 6.45) is 4.65. The van der Waals surface area contributed by atoms with Crippen molar-refractivity contribution in [2.45, 2.75) is 6.92 Å². The highest BCUT2D eigenvalue weighted by molar-refractivity contribution is 6.29. The molecule has 0 atom stereocenters. The second-order valence-corrected chi connectivity index (χ2v) is 4.61. The lowest BCUT2D eigenvalue weighted by molar-refractivity contribution is 0.477. The van der Waals surface area contributed by atoms with Gasteiger partial charge in [0.2, 0.25) is 0 Å². The minimum absolute atomic E-state index is 0.360. The van der Waals surface area contributed by atoms with Gasteiger partial charge in [-0.3, -0.25) is 4.99 Å². The van der Waals surface area contributed by atoms with Gasteiger partial charge in [0.1, 0.15) is 16.6 Å². The Morgan fingerprint density at radius 1 is 1.38 bits per heavy atom. The van der Waals surface area contributed by atoms with Gasteiger partial charge in [-0.15, -0.1) is 0 Å². The summed E-state index contributed by atoms with van der Waals surface area (Å²) < 4.78 is 5.83. The molecule has 5 nitrogen and oxygen atoms in total. The normalized spacial score (nSPS) is 11.9. The van der Waals surface area contributed by atoms with E-state index in [9.17, 15) is 0 Å². The Hall–Kier alpha value is -2.40. The first-order valence-corrected chi connectivity index (χ1v) is 6.63. The van der Waals surface area contributed by atoms with Crippen LogP contribution >= 0.6 is 11.6 Å². The number of allylic oxidation sites excluding steroid dienone is 1. The predicted octanol–water partition coefficient (Wildman–Crippen LogP) is 3.23. The van der Waals surface area contributed by atoms with Crippen molar-refractivity contribution in [3.8, 4) is 11.5 Å². The van der Waals surface area contributed by atoms with E-state index in [4.69, 9.17) is 22.1 Å². The summed E-state index contributed by atoms with van der Waals surface area (Å²) >= 11 is 5.86. The number of nitrogens with zero attached hydrogens (tertiary/aromatic N) is 3. The predicted molar refractivity (Wildman–Crippen MR) is 84.9 cm³/mol. The quantitative estimate of drug-likeness (QED) is 0.695. The molecular formula is C15H15ClN4O. The Labute approximate surface area is 128 Å². The van der Waals surface area contributed by atoms with Crippen molar-refractivity contribution >= 4 is 23.4 Å². The molecule has 0 radical (unpaired) electrons. The van der Waals surface area contributed by atoms with Crippen molar-refractivity contribution in [2.75, 3.05) is 7.05 Å². The molecule has 2 aromatic rings. The second kappa shape index (κ2) is 6.85. The number of aryl methyl sites for hydroxylation is 1. The summed E-state index contributed by atoms with van der Waals surface area (Å²) in [6, 6.07) is 7.04. The molecule has 2 N–H and O–H groups in total. The summed E-state index contributed by atoms with van der Waals surface area (Å²) in [5.74, 6) is 1.14. The van der Waals surface area contributed by atoms with Crippen LogP contribution in [0, 0.1) is 6.92 Å². The summed E-state index contributed by atoms with van der Waals surface area (Å²) in [5.41, 5.74) is 7.80. The smallest absolute Gasteiger partial charge is 0.153 e. The van der Waals surface area contributed by atoms with E-state index in [0.29, 0.717) is 27.9 Å². The second-order valence-electron chi connectivity index (χ2n) is 4.23. The minimum atomic E-state index is 0.360. The van der Waals surface area contributed by atoms with Crippen LogP contribution < -0.4 is 10.5 Å². The number of aliphatic imine (C=N–C) groups is 1. The van der Waals surface area contributed by atoms with Gasteiger partial charge in [0, 0.05) is 43.0 Å². The third kappa shape index (κ3) is 3.79. The van der Waals surface area contributed by atoms with Gasteiger partial charge in [0.05, 0.1) is 0 Å². The lowest BCUT2D eigenvalue weighted by Gasteiger charge is -2.11. The molecule has 0 amide bonds. The molecule has 0 saturated heterocycles. The maximum atomic E-state index is 5.86. The van der Waals surface area contributed by atoms with Crippen LogP contribution in [0.1, 0.15) is 11.4 Å². The van der Waals surface area contributed by atoms with Gasteiger partial charge >= 0.3 is 0 Å². The first-order valence-electron chi connectivity index (χ1n) is 6.25. The first kappa shape index (κ1) is 15.0. The van der Waals surface area contributed by atoms with Crippen molar-refractivity contribution in [3.05, 3.63) is 53.2 Å². The third-order valence-electron chi connectivity index (χ3n) is 2.64. The van der Waals surface area contributed by atoms with Gasteiger partial charge in [-0.05, 0) is 25.1 Å². The summed E-state index contributed by atoms with van der Waals surface area (Å²) in [6.45, 7) is 1.90. The number of pyridine rings is 2. The van der Waals surface area contributed by atoms with Gasteiger partial charge in [0.25, 0.3) is 0 Å². The van der Waals surface area contributed by atoms with Crippen molar-refractivity contribution in [2.24, 2.45) is 10.7 Å². The van der Waals surface area contributed by atoms with Crippen LogP contribution in [0.2, 0.25) is 5.15 Å². The fraction of sp³-hybridized carbons (Fsp3) is 0.133. The van der Waals surface area contributed by atoms with Gasteiger partial charge in [-0.25, -0.2) is 9.97 Å². The minimum Gasteiger partial charge on any atom is -0.455 e. The molecule has 0 aliphatic rings. The van der Waals surface area contributed by atoms with E-state index in [0.717, 1.165) is 5.69 Å². The Balaban J connectivity index is 2.44. The summed E-state index contributed by atoms with van der Waals surface area (Å²) in [4.78, 5) is 12.4. The van der Waals surface area contributed by atoms with Gasteiger partial charge in [-0.1, -0.05) is 11.6 Å². The average molecular weight is 303 g/mol. The first-order chi connectivity index (χ1) is 10.1. The van der Waals surface area contributed by atoms with E-state index in [1.165, 1.54) is 6.20 Å². The maximum Gasteiger partial charge on any atom is 0.153 e. The van der Waals surface area contributed by atoms with E-state index in [1.54, 1.807) is 31.6 Å². The largest absolute Gasteiger partial charge is 0.455 e. The maximum absolute atomic E-state index is 5.86. The SMILES string of the molecule is CN=CC(=CN)c1nc(C)ccc1Oc1ccnc(Cl)c1. The van der Waals surface area contributed by atoms with E-state index in [-0.39, 0.29) is 0 Å². The topological polar surface area (TPSA) is 73.4 Å². The molecule has 108 valence electrons. The molecule has 0 spiro atoms. The molecular weight excluding hydrogens is 288 g/mol. The molecule has 2 heterocycles. The molecule has 0 bridgehead atoms. The van der Waals surface area contributed by atoms with Crippen molar-refractivity contribution < 1.29 is 4.74 Å². The number of aromatic nitrogens is 2. The molecule has 6 heteroatoms. The fourth-order valence-electron chi connectivity index (χ4n) is 1.73. The van der Waals surface area contributed by atoms with Crippen LogP contribution in [0.15, 0.2) is 41.7 Å². The van der Waals surface area contributed by atoms with Gasteiger partial charge in [0.15, 0.2) is 5.75 Å². The number of ether oxygens (including phenoxy) is 1. The highest BCUT2D eigenvalue weighted by Gasteiger charge is 2.11. The zero-order valence-electron chi connectivity index (χ0n) is 11.7. The Morgan fingerprint density at radius 2 is 2.19 bits per heavy atom. The molecule has 0 aliphatic carbocycles. The van der Waals surface area contributed by atoms with Crippen molar-refractivity contribution in [1.82, 2.24) is 9.97 Å². The van der Waals surface area contributed by atoms with E-state index >= 15 is 0 Å². The summed E-state index contributed by atoms with van der Waals surface area (Å²) in [5, 5.41) is 0.360. The third-order valence-corrected chi connectivity index (χ3v) is 2.85. The molecule has 2 aromatic heterocycles. The molecule has 0 unspecified atom stereocenters. The van der Waals surface area contributed by atoms with Gasteiger partial charge in [-0.2, -0.15) is 0 Å². The highest BCUT2D eigenvalue weighted by atomic mass is 35.5. The number of hydrogen-bond acceptors (Lipinski definition) is 5. The van der Waals surface area contributed by atoms with Gasteiger partial charge < -0.3 is 10.5 Å². The number of rotatable bonds is 4. The van der Waals surface area contributed by atoms with E-state index in [2.05, 4.69) is 15.0 Å². The number of halogens is 1. The molecule has 21 heavy (non-hydrogen) atoms. The van der Waals surface area contributed by atoms with Crippen LogP contribution in [0.4, 0.5) is 0 Å². The molecule has 2 rings (SSSR count). The zero-order valence-corrected chi connectivity index (χ0v) is 12.5. The Morgan fingerprint density at radius 3 is 2.86 bits per heavy atom. The molecule has 0 fully saturated rings. The lowest BCUT2D eigenvalue weighted by atomic mass is 10.1. The van der Waals surface area contributed by atoms with Crippen molar-refractivity contribution in [1.29, 1.82) is 0 Å². The zero-order chi connectivity index (χ0) is 15.2. The standard InChI is InChI=1S/C15H15ClN4O/c1-10-3-4-13(15(20-10)11(8-17)9-18-2)21-12-5-6-19-14(16)7-12/h3-9H,17H2,1-2H3. The summed E-state index contributed by atoms with van der Waals surface area (Å²) in [7, 11) is 1.67. The van der Waals surface area contributed by atoms with E-state index < -0.39 is 0 Å². The molecule has 0 aromatic carbocycles. The van der Waals surface area contributed by atoms with Crippen LogP contribution in [0.25, 0.3) is 5.57 Å². The number of hydrogen-bond donors (Lipinski definition) is 1. The Bertz CT molecular complexity index is 698. The highest BCUT2D eigenvalue weighted by Crippen LogP contribution is 2.29. The molecule has 0 aliphatic heterocycles. The van der Waals surface area contributed by atoms with Crippen LogP contribution in [-0.4, -0.2) is 23.2 Å². The van der Waals surface area contributed by atoms with Crippen LogP contribution in [-0.2, 0) is 0 Å². The van der Waals surface area contributed by atoms with Crippen LogP contribution in [0.5, 0.6) is 11.5 Å². The lowest BCUT2D eigenvalue weighted by Crippen LogP contribution is -2.00.